The lowest BCUT2D eigenvalue weighted by molar-refractivity contribution is 0.528. The number of sulfonamides is 1. The molecule has 0 spiro atoms. The summed E-state index contributed by atoms with van der Waals surface area (Å²) in [5, 5.41) is 7.20. The Morgan fingerprint density at radius 1 is 1.38 bits per heavy atom. The van der Waals surface area contributed by atoms with Crippen molar-refractivity contribution in [3.8, 4) is 0 Å². The van der Waals surface area contributed by atoms with E-state index in [1.54, 1.807) is 6.92 Å². The van der Waals surface area contributed by atoms with E-state index in [0.717, 1.165) is 4.31 Å². The van der Waals surface area contributed by atoms with Gasteiger partial charge < -0.3 is 11.5 Å². The number of guanidine groups is 1. The molecule has 6 nitrogen and oxygen atoms in total. The summed E-state index contributed by atoms with van der Waals surface area (Å²) in [4.78, 5) is 0.0683. The third kappa shape index (κ3) is 2.25. The number of nitrogens with two attached hydrogens (primary N) is 2. The van der Waals surface area contributed by atoms with Crippen molar-refractivity contribution >= 4 is 21.7 Å². The normalized spacial score (nSPS) is 11.1. The van der Waals surface area contributed by atoms with E-state index in [9.17, 15) is 8.42 Å². The Morgan fingerprint density at radius 3 is 2.25 bits per heavy atom. The van der Waals surface area contributed by atoms with Gasteiger partial charge in [-0.15, -0.1) is 0 Å². The number of nitrogens with zero attached hydrogens (tertiary/aromatic N) is 1. The van der Waals surface area contributed by atoms with Crippen LogP contribution < -0.4 is 11.5 Å². The van der Waals surface area contributed by atoms with E-state index in [2.05, 4.69) is 0 Å². The summed E-state index contributed by atoms with van der Waals surface area (Å²) >= 11 is 0. The van der Waals surface area contributed by atoms with Gasteiger partial charge in [0.15, 0.2) is 0 Å². The highest BCUT2D eigenvalue weighted by molar-refractivity contribution is 7.89. The van der Waals surface area contributed by atoms with E-state index in [4.69, 9.17) is 16.9 Å². The molecule has 5 N–H and O–H groups in total. The van der Waals surface area contributed by atoms with Gasteiger partial charge in [-0.2, -0.15) is 0 Å². The summed E-state index contributed by atoms with van der Waals surface area (Å²) in [5.74, 6) is -0.501. The molecule has 0 amide bonds. The predicted molar refractivity (Wildman–Crippen MR) is 62.3 cm³/mol. The van der Waals surface area contributed by atoms with Gasteiger partial charge in [0.25, 0.3) is 10.0 Å². The van der Waals surface area contributed by atoms with Crippen molar-refractivity contribution in [2.45, 2.75) is 11.8 Å². The van der Waals surface area contributed by atoms with Crippen LogP contribution in [0.5, 0.6) is 0 Å². The predicted octanol–water partition coefficient (Wildman–Crippen LogP) is 0.173. The molecule has 7 heteroatoms. The van der Waals surface area contributed by atoms with Crippen molar-refractivity contribution in [2.24, 2.45) is 5.73 Å². The topological polar surface area (TPSA) is 113 Å². The number of anilines is 1. The van der Waals surface area contributed by atoms with Crippen molar-refractivity contribution in [3.05, 3.63) is 24.3 Å². The van der Waals surface area contributed by atoms with Gasteiger partial charge in [-0.1, -0.05) is 0 Å². The minimum absolute atomic E-state index is 0.0683. The average molecular weight is 242 g/mol. The van der Waals surface area contributed by atoms with Crippen LogP contribution in [0.15, 0.2) is 29.2 Å². The molecular weight excluding hydrogens is 228 g/mol. The number of nitrogens with one attached hydrogen (secondary N) is 1. The third-order valence-electron chi connectivity index (χ3n) is 2.02. The summed E-state index contributed by atoms with van der Waals surface area (Å²) in [6.07, 6.45) is 0. The van der Waals surface area contributed by atoms with Gasteiger partial charge in [-0.3, -0.25) is 5.41 Å². The van der Waals surface area contributed by atoms with Crippen molar-refractivity contribution < 1.29 is 8.42 Å². The second kappa shape index (κ2) is 4.40. The molecule has 1 rings (SSSR count). The molecule has 0 heterocycles. The largest absolute Gasteiger partial charge is 0.399 e. The van der Waals surface area contributed by atoms with Crippen LogP contribution >= 0.6 is 0 Å². The summed E-state index contributed by atoms with van der Waals surface area (Å²) < 4.78 is 24.8. The van der Waals surface area contributed by atoms with Crippen molar-refractivity contribution in [3.63, 3.8) is 0 Å². The fourth-order valence-corrected chi connectivity index (χ4v) is 2.57. The maximum Gasteiger partial charge on any atom is 0.266 e. The fourth-order valence-electron chi connectivity index (χ4n) is 1.24. The van der Waals surface area contributed by atoms with Gasteiger partial charge in [0.2, 0.25) is 5.96 Å². The highest BCUT2D eigenvalue weighted by Crippen LogP contribution is 2.16. The smallest absolute Gasteiger partial charge is 0.266 e. The maximum atomic E-state index is 12.0. The minimum Gasteiger partial charge on any atom is -0.399 e. The molecule has 0 radical (unpaired) electrons. The van der Waals surface area contributed by atoms with E-state index in [1.165, 1.54) is 24.3 Å². The number of nitrogen functional groups attached to an aromatic ring is 1. The zero-order chi connectivity index (χ0) is 12.3. The molecule has 1 aromatic carbocycles. The molecule has 0 atom stereocenters. The molecule has 0 fully saturated rings. The Morgan fingerprint density at radius 2 is 1.88 bits per heavy atom. The van der Waals surface area contributed by atoms with Gasteiger partial charge in [0, 0.05) is 12.2 Å². The monoisotopic (exact) mass is 242 g/mol. The Hall–Kier alpha value is -1.76. The summed E-state index contributed by atoms with van der Waals surface area (Å²) in [6, 6.07) is 5.74. The van der Waals surface area contributed by atoms with Crippen LogP contribution in [0.25, 0.3) is 0 Å². The summed E-state index contributed by atoms with van der Waals surface area (Å²) in [5.41, 5.74) is 11.1. The first-order valence-electron chi connectivity index (χ1n) is 4.62. The summed E-state index contributed by atoms with van der Waals surface area (Å²) in [7, 11) is -3.74. The van der Waals surface area contributed by atoms with Crippen LogP contribution in [-0.4, -0.2) is 25.2 Å². The molecule has 0 aromatic heterocycles. The highest BCUT2D eigenvalue weighted by atomic mass is 32.2. The zero-order valence-electron chi connectivity index (χ0n) is 8.84. The molecule has 0 aliphatic carbocycles. The summed E-state index contributed by atoms with van der Waals surface area (Å²) in [6.45, 7) is 1.72. The lowest BCUT2D eigenvalue weighted by Gasteiger charge is -2.20. The zero-order valence-corrected chi connectivity index (χ0v) is 9.66. The molecule has 0 unspecified atom stereocenters. The Labute approximate surface area is 94.4 Å². The maximum absolute atomic E-state index is 12.0. The van der Waals surface area contributed by atoms with Gasteiger partial charge in [0.1, 0.15) is 0 Å². The molecular formula is C9H14N4O2S. The van der Waals surface area contributed by atoms with Gasteiger partial charge >= 0.3 is 0 Å². The Balaban J connectivity index is 3.20. The van der Waals surface area contributed by atoms with Crippen LogP contribution in [0, 0.1) is 5.41 Å². The van der Waals surface area contributed by atoms with Crippen LogP contribution in [0.1, 0.15) is 6.92 Å². The van der Waals surface area contributed by atoms with Crippen LogP contribution in [0.3, 0.4) is 0 Å². The Bertz CT molecular complexity index is 481. The number of benzene rings is 1. The molecule has 0 bridgehead atoms. The molecule has 88 valence electrons. The minimum atomic E-state index is -3.74. The van der Waals surface area contributed by atoms with Gasteiger partial charge in [-0.25, -0.2) is 12.7 Å². The molecule has 1 aromatic rings. The molecule has 0 saturated heterocycles. The van der Waals surface area contributed by atoms with Crippen molar-refractivity contribution in [1.29, 1.82) is 5.41 Å². The number of rotatable bonds is 3. The van der Waals surface area contributed by atoms with Gasteiger partial charge in [-0.05, 0) is 31.2 Å². The standard InChI is InChI=1S/C9H14N4O2S/c1-2-13(9(11)12)16(14,15)8-5-3-7(10)4-6-8/h3-6H,2,10H2,1H3,(H3,11,12). The van der Waals surface area contributed by atoms with Crippen LogP contribution in [0.2, 0.25) is 0 Å². The van der Waals surface area contributed by atoms with Crippen molar-refractivity contribution in [2.75, 3.05) is 12.3 Å². The molecule has 0 aliphatic rings. The first-order valence-corrected chi connectivity index (χ1v) is 6.06. The number of hydrogen-bond acceptors (Lipinski definition) is 4. The van der Waals surface area contributed by atoms with E-state index in [-0.39, 0.29) is 11.4 Å². The SMILES string of the molecule is CCN(C(=N)N)S(=O)(=O)c1ccc(N)cc1. The van der Waals surface area contributed by atoms with Crippen LogP contribution in [0.4, 0.5) is 5.69 Å². The Kier molecular flexibility index (Phi) is 3.38. The third-order valence-corrected chi connectivity index (χ3v) is 3.93. The van der Waals surface area contributed by atoms with E-state index in [0.29, 0.717) is 5.69 Å². The molecule has 16 heavy (non-hydrogen) atoms. The number of hydrogen-bond donors (Lipinski definition) is 3. The first kappa shape index (κ1) is 12.3. The average Bonchev–Trinajstić information content (AvgIpc) is 2.18. The van der Waals surface area contributed by atoms with E-state index in [1.807, 2.05) is 0 Å². The highest BCUT2D eigenvalue weighted by Gasteiger charge is 2.23. The quantitative estimate of drug-likeness (QED) is 0.398. The van der Waals surface area contributed by atoms with E-state index < -0.39 is 16.0 Å². The second-order valence-corrected chi connectivity index (χ2v) is 4.99. The van der Waals surface area contributed by atoms with E-state index >= 15 is 0 Å². The lowest BCUT2D eigenvalue weighted by atomic mass is 10.3. The second-order valence-electron chi connectivity index (χ2n) is 3.12. The molecule has 0 aliphatic heterocycles. The van der Waals surface area contributed by atoms with Crippen LogP contribution in [-0.2, 0) is 10.0 Å². The molecule has 0 saturated carbocycles. The lowest BCUT2D eigenvalue weighted by Crippen LogP contribution is -2.40. The van der Waals surface area contributed by atoms with Crippen molar-refractivity contribution in [1.82, 2.24) is 4.31 Å². The fraction of sp³-hybridized carbons (Fsp3) is 0.222. The van der Waals surface area contributed by atoms with Gasteiger partial charge in [0.05, 0.1) is 4.90 Å². The first-order chi connectivity index (χ1) is 7.39.